The van der Waals surface area contributed by atoms with Crippen LogP contribution in [0.2, 0.25) is 5.02 Å². The molecule has 1 atom stereocenters. The fraction of sp³-hybridized carbons (Fsp3) is 0.500. The van der Waals surface area contributed by atoms with Crippen molar-refractivity contribution < 1.29 is 9.53 Å². The number of carbonyl (C=O) groups is 1. The summed E-state index contributed by atoms with van der Waals surface area (Å²) in [5.74, 6) is 0.378. The molecule has 0 aromatic carbocycles. The first-order valence-corrected chi connectivity index (χ1v) is 6.15. The number of amides is 1. The zero-order valence-electron chi connectivity index (χ0n) is 10.4. The van der Waals surface area contributed by atoms with Crippen LogP contribution in [0.3, 0.4) is 0 Å². The highest BCUT2D eigenvalue weighted by atomic mass is 35.5. The topological polar surface area (TPSA) is 63.2 Å². The number of nitrogens with zero attached hydrogens (tertiary/aromatic N) is 1. The first-order valence-electron chi connectivity index (χ1n) is 5.78. The molecule has 0 saturated carbocycles. The van der Waals surface area contributed by atoms with E-state index in [-0.39, 0.29) is 11.4 Å². The number of nitrogens with one attached hydrogen (secondary N) is 2. The Kier molecular flexibility index (Phi) is 3.73. The molecule has 0 bridgehead atoms. The van der Waals surface area contributed by atoms with E-state index in [0.29, 0.717) is 29.6 Å². The predicted molar refractivity (Wildman–Crippen MR) is 70.1 cm³/mol. The monoisotopic (exact) mass is 269 g/mol. The molecule has 1 aliphatic rings. The second kappa shape index (κ2) is 5.12. The molecular weight excluding hydrogens is 254 g/mol. The average Bonchev–Trinajstić information content (AvgIpc) is 2.75. The molecule has 18 heavy (non-hydrogen) atoms. The quantitative estimate of drug-likeness (QED) is 0.876. The van der Waals surface area contributed by atoms with Gasteiger partial charge in [0.25, 0.3) is 5.91 Å². The van der Waals surface area contributed by atoms with E-state index >= 15 is 0 Å². The summed E-state index contributed by atoms with van der Waals surface area (Å²) >= 11 is 6.00. The Hall–Kier alpha value is -1.33. The van der Waals surface area contributed by atoms with Gasteiger partial charge in [-0.1, -0.05) is 11.6 Å². The fourth-order valence-electron chi connectivity index (χ4n) is 1.86. The number of halogens is 1. The maximum atomic E-state index is 12.1. The molecule has 98 valence electrons. The summed E-state index contributed by atoms with van der Waals surface area (Å²) < 4.78 is 5.29. The molecule has 2 N–H and O–H groups in total. The van der Waals surface area contributed by atoms with E-state index in [4.69, 9.17) is 16.3 Å². The predicted octanol–water partition coefficient (Wildman–Crippen LogP) is 1.69. The van der Waals surface area contributed by atoms with Crippen molar-refractivity contribution in [3.8, 4) is 0 Å². The van der Waals surface area contributed by atoms with Gasteiger partial charge in [-0.2, -0.15) is 0 Å². The van der Waals surface area contributed by atoms with Gasteiger partial charge in [-0.3, -0.25) is 4.79 Å². The first kappa shape index (κ1) is 13.1. The zero-order valence-corrected chi connectivity index (χ0v) is 11.2. The van der Waals surface area contributed by atoms with Gasteiger partial charge < -0.3 is 15.4 Å². The van der Waals surface area contributed by atoms with E-state index in [0.717, 1.165) is 6.42 Å². The van der Waals surface area contributed by atoms with Gasteiger partial charge in [0.15, 0.2) is 0 Å². The van der Waals surface area contributed by atoms with Crippen molar-refractivity contribution in [2.75, 3.05) is 25.6 Å². The fourth-order valence-corrected chi connectivity index (χ4v) is 2.12. The van der Waals surface area contributed by atoms with Crippen LogP contribution >= 0.6 is 11.6 Å². The number of aromatic nitrogens is 1. The van der Waals surface area contributed by atoms with Crippen molar-refractivity contribution in [2.45, 2.75) is 18.9 Å². The van der Waals surface area contributed by atoms with Gasteiger partial charge in [0, 0.05) is 19.9 Å². The number of hydrogen-bond acceptors (Lipinski definition) is 4. The lowest BCUT2D eigenvalue weighted by Gasteiger charge is -2.23. The van der Waals surface area contributed by atoms with E-state index in [1.165, 1.54) is 6.20 Å². The molecule has 6 heteroatoms. The van der Waals surface area contributed by atoms with Gasteiger partial charge in [0.2, 0.25) is 0 Å². The van der Waals surface area contributed by atoms with Crippen LogP contribution in [0.5, 0.6) is 0 Å². The van der Waals surface area contributed by atoms with Crippen LogP contribution in [-0.2, 0) is 4.74 Å². The normalized spacial score (nSPS) is 22.8. The van der Waals surface area contributed by atoms with E-state index < -0.39 is 0 Å². The second-order valence-corrected chi connectivity index (χ2v) is 5.03. The highest BCUT2D eigenvalue weighted by Crippen LogP contribution is 2.21. The summed E-state index contributed by atoms with van der Waals surface area (Å²) in [7, 11) is 1.73. The minimum Gasteiger partial charge on any atom is -0.379 e. The molecule has 1 aromatic rings. The largest absolute Gasteiger partial charge is 0.379 e. The van der Waals surface area contributed by atoms with E-state index in [9.17, 15) is 4.79 Å². The lowest BCUT2D eigenvalue weighted by atomic mass is 10.0. The van der Waals surface area contributed by atoms with Crippen LogP contribution in [0.1, 0.15) is 23.7 Å². The van der Waals surface area contributed by atoms with Crippen LogP contribution < -0.4 is 10.6 Å². The number of pyridine rings is 1. The van der Waals surface area contributed by atoms with E-state index in [1.54, 1.807) is 13.1 Å². The molecule has 1 saturated heterocycles. The third kappa shape index (κ3) is 2.73. The van der Waals surface area contributed by atoms with E-state index in [2.05, 4.69) is 15.6 Å². The molecule has 0 aliphatic carbocycles. The Morgan fingerprint density at radius 2 is 2.39 bits per heavy atom. The zero-order chi connectivity index (χ0) is 13.2. The first-order chi connectivity index (χ1) is 8.54. The van der Waals surface area contributed by atoms with Crippen molar-refractivity contribution >= 4 is 23.3 Å². The molecule has 1 unspecified atom stereocenters. The van der Waals surface area contributed by atoms with Crippen molar-refractivity contribution in [1.82, 2.24) is 10.3 Å². The Balaban J connectivity index is 2.11. The smallest absolute Gasteiger partial charge is 0.253 e. The molecule has 0 radical (unpaired) electrons. The summed E-state index contributed by atoms with van der Waals surface area (Å²) in [6.45, 7) is 3.18. The number of hydrogen-bond donors (Lipinski definition) is 2. The van der Waals surface area contributed by atoms with Crippen molar-refractivity contribution in [3.63, 3.8) is 0 Å². The van der Waals surface area contributed by atoms with Crippen molar-refractivity contribution in [1.29, 1.82) is 0 Å². The molecule has 1 fully saturated rings. The maximum Gasteiger partial charge on any atom is 0.253 e. The third-order valence-electron chi connectivity index (χ3n) is 2.97. The molecule has 2 heterocycles. The lowest BCUT2D eigenvalue weighted by Crippen LogP contribution is -2.46. The summed E-state index contributed by atoms with van der Waals surface area (Å²) in [4.78, 5) is 16.2. The Morgan fingerprint density at radius 3 is 2.94 bits per heavy atom. The standard InChI is InChI=1S/C12H16ClN3O2/c1-12(3-4-18-7-12)16-11(17)8-5-9(13)10(14-2)15-6-8/h5-6H,3-4,7H2,1-2H3,(H,14,15)(H,16,17). The summed E-state index contributed by atoms with van der Waals surface area (Å²) in [5.41, 5.74) is 0.151. The molecule has 5 nitrogen and oxygen atoms in total. The molecule has 2 rings (SSSR count). The summed E-state index contributed by atoms with van der Waals surface area (Å²) in [6.07, 6.45) is 2.32. The van der Waals surface area contributed by atoms with Gasteiger partial charge >= 0.3 is 0 Å². The van der Waals surface area contributed by atoms with Gasteiger partial charge in [0.05, 0.1) is 22.7 Å². The molecule has 1 amide bonds. The van der Waals surface area contributed by atoms with Gasteiger partial charge in [-0.05, 0) is 19.4 Å². The van der Waals surface area contributed by atoms with Crippen LogP contribution in [0.15, 0.2) is 12.3 Å². The third-order valence-corrected chi connectivity index (χ3v) is 3.26. The minimum atomic E-state index is -0.300. The highest BCUT2D eigenvalue weighted by Gasteiger charge is 2.31. The average molecular weight is 270 g/mol. The van der Waals surface area contributed by atoms with Gasteiger partial charge in [-0.15, -0.1) is 0 Å². The molecule has 1 aromatic heterocycles. The maximum absolute atomic E-state index is 12.1. The SMILES string of the molecule is CNc1ncc(C(=O)NC2(C)CCOC2)cc1Cl. The van der Waals surface area contributed by atoms with Crippen LogP contribution in [-0.4, -0.2) is 36.7 Å². The summed E-state index contributed by atoms with van der Waals surface area (Å²) in [5, 5.41) is 6.23. The van der Waals surface area contributed by atoms with Gasteiger partial charge in [-0.25, -0.2) is 4.98 Å². The van der Waals surface area contributed by atoms with Crippen LogP contribution in [0.4, 0.5) is 5.82 Å². The number of ether oxygens (including phenoxy) is 1. The number of carbonyl (C=O) groups excluding carboxylic acids is 1. The van der Waals surface area contributed by atoms with Gasteiger partial charge in [0.1, 0.15) is 5.82 Å². The second-order valence-electron chi connectivity index (χ2n) is 4.62. The van der Waals surface area contributed by atoms with Crippen LogP contribution in [0, 0.1) is 0 Å². The van der Waals surface area contributed by atoms with Crippen molar-refractivity contribution in [3.05, 3.63) is 22.8 Å². The molecule has 0 spiro atoms. The molecule has 1 aliphatic heterocycles. The molecular formula is C12H16ClN3O2. The Labute approximate surface area is 111 Å². The van der Waals surface area contributed by atoms with Crippen molar-refractivity contribution in [2.24, 2.45) is 0 Å². The lowest BCUT2D eigenvalue weighted by molar-refractivity contribution is 0.0889. The Morgan fingerprint density at radius 1 is 1.61 bits per heavy atom. The number of rotatable bonds is 3. The minimum absolute atomic E-state index is 0.181. The highest BCUT2D eigenvalue weighted by molar-refractivity contribution is 6.33. The Bertz CT molecular complexity index is 459. The van der Waals surface area contributed by atoms with E-state index in [1.807, 2.05) is 6.92 Å². The van der Waals surface area contributed by atoms with Crippen LogP contribution in [0.25, 0.3) is 0 Å². The summed E-state index contributed by atoms with van der Waals surface area (Å²) in [6, 6.07) is 1.61. The number of anilines is 1.